The van der Waals surface area contributed by atoms with E-state index in [0.29, 0.717) is 5.69 Å². The fourth-order valence-electron chi connectivity index (χ4n) is 1.51. The minimum absolute atomic E-state index is 0.00989. The molecule has 0 aliphatic carbocycles. The Hall–Kier alpha value is -0.950. The Kier molecular flexibility index (Phi) is 4.49. The molecule has 0 atom stereocenters. The van der Waals surface area contributed by atoms with Crippen LogP contribution in [0.25, 0.3) is 0 Å². The van der Waals surface area contributed by atoms with Gasteiger partial charge in [0, 0.05) is 23.9 Å². The van der Waals surface area contributed by atoms with E-state index in [0.717, 1.165) is 0 Å². The fraction of sp³-hybridized carbons (Fsp3) is 0.182. The average Bonchev–Trinajstić information content (AvgIpc) is 2.75. The van der Waals surface area contributed by atoms with Gasteiger partial charge >= 0.3 is 0 Å². The van der Waals surface area contributed by atoms with Gasteiger partial charge in [0.05, 0.1) is 10.7 Å². The number of hydrogen-bond acceptors (Lipinski definition) is 4. The molecule has 1 aromatic heterocycles. The predicted octanol–water partition coefficient (Wildman–Crippen LogP) is 3.23. The Morgan fingerprint density at radius 2 is 1.95 bits per heavy atom. The van der Waals surface area contributed by atoms with Crippen LogP contribution in [-0.2, 0) is 22.7 Å². The molecule has 0 fully saturated rings. The summed E-state index contributed by atoms with van der Waals surface area (Å²) >= 11 is 11.8. The highest BCUT2D eigenvalue weighted by atomic mass is 35.7. The van der Waals surface area contributed by atoms with Crippen LogP contribution in [0, 0.1) is 0 Å². The minimum Gasteiger partial charge on any atom is -0.486 e. The van der Waals surface area contributed by atoms with Crippen molar-refractivity contribution in [3.05, 3.63) is 40.1 Å². The molecule has 20 heavy (non-hydrogen) atoms. The molecule has 0 radical (unpaired) electrons. The highest BCUT2D eigenvalue weighted by Gasteiger charge is 2.20. The van der Waals surface area contributed by atoms with Gasteiger partial charge in [0.1, 0.15) is 22.3 Å². The van der Waals surface area contributed by atoms with Crippen molar-refractivity contribution in [3.63, 3.8) is 0 Å². The average molecular weight is 356 g/mol. The number of halogens is 3. The van der Waals surface area contributed by atoms with Crippen molar-refractivity contribution in [2.24, 2.45) is 7.05 Å². The molecule has 0 N–H and O–H groups in total. The first-order valence-electron chi connectivity index (χ1n) is 5.33. The lowest BCUT2D eigenvalue weighted by Gasteiger charge is -2.09. The predicted molar refractivity (Wildman–Crippen MR) is 77.0 cm³/mol. The molecule has 0 aliphatic heterocycles. The van der Waals surface area contributed by atoms with E-state index >= 15 is 0 Å². The first-order chi connectivity index (χ1) is 9.29. The van der Waals surface area contributed by atoms with Crippen LogP contribution in [0.1, 0.15) is 5.69 Å². The molecule has 0 unspecified atom stereocenters. The van der Waals surface area contributed by atoms with E-state index in [-0.39, 0.29) is 27.3 Å². The molecule has 0 amide bonds. The summed E-state index contributed by atoms with van der Waals surface area (Å²) in [4.78, 5) is -0.254. The third-order valence-corrected chi connectivity index (χ3v) is 4.76. The summed E-state index contributed by atoms with van der Waals surface area (Å²) in [6, 6.07) is 4.42. The van der Waals surface area contributed by atoms with Crippen molar-refractivity contribution in [2.45, 2.75) is 11.5 Å². The molecule has 9 heteroatoms. The van der Waals surface area contributed by atoms with Crippen LogP contribution >= 0.6 is 33.9 Å². The SMILES string of the molecule is Cn1ccc(COc2ccc(S(=O)(=O)Cl)c(Cl)c2Cl)n1. The van der Waals surface area contributed by atoms with Gasteiger partial charge in [-0.05, 0) is 18.2 Å². The Labute approximate surface area is 130 Å². The molecule has 0 saturated carbocycles. The number of aromatic nitrogens is 2. The lowest BCUT2D eigenvalue weighted by molar-refractivity contribution is 0.300. The summed E-state index contributed by atoms with van der Waals surface area (Å²) in [7, 11) is 3.07. The highest BCUT2D eigenvalue weighted by Crippen LogP contribution is 2.38. The third-order valence-electron chi connectivity index (χ3n) is 2.42. The van der Waals surface area contributed by atoms with Crippen molar-refractivity contribution < 1.29 is 13.2 Å². The quantitative estimate of drug-likeness (QED) is 0.790. The Morgan fingerprint density at radius 1 is 1.25 bits per heavy atom. The van der Waals surface area contributed by atoms with Crippen molar-refractivity contribution in [3.8, 4) is 5.75 Å². The van der Waals surface area contributed by atoms with Crippen LogP contribution < -0.4 is 4.74 Å². The van der Waals surface area contributed by atoms with Crippen LogP contribution in [-0.4, -0.2) is 18.2 Å². The summed E-state index contributed by atoms with van der Waals surface area (Å²) in [6.07, 6.45) is 1.77. The summed E-state index contributed by atoms with van der Waals surface area (Å²) in [5, 5.41) is 3.96. The summed E-state index contributed by atoms with van der Waals surface area (Å²) in [5.74, 6) is 0.256. The van der Waals surface area contributed by atoms with E-state index in [1.54, 1.807) is 24.0 Å². The lowest BCUT2D eigenvalue weighted by atomic mass is 10.3. The second-order valence-electron chi connectivity index (χ2n) is 3.90. The molecule has 2 aromatic rings. The normalized spacial score (nSPS) is 11.6. The minimum atomic E-state index is -3.95. The number of rotatable bonds is 4. The maximum Gasteiger partial charge on any atom is 0.262 e. The molecule has 1 aromatic carbocycles. The zero-order valence-corrected chi connectivity index (χ0v) is 13.3. The molecule has 0 saturated heterocycles. The lowest BCUT2D eigenvalue weighted by Crippen LogP contribution is -2.00. The Bertz CT molecular complexity index is 743. The Balaban J connectivity index is 2.24. The van der Waals surface area contributed by atoms with Crippen LogP contribution in [0.4, 0.5) is 0 Å². The van der Waals surface area contributed by atoms with E-state index in [9.17, 15) is 8.42 Å². The Morgan fingerprint density at radius 3 is 2.50 bits per heavy atom. The maximum absolute atomic E-state index is 11.3. The van der Waals surface area contributed by atoms with Gasteiger partial charge in [0.15, 0.2) is 0 Å². The standard InChI is InChI=1S/C11H9Cl3N2O3S/c1-16-5-4-7(15-16)6-19-8-2-3-9(20(14,17)18)11(13)10(8)12/h2-5H,6H2,1H3. The first-order valence-corrected chi connectivity index (χ1v) is 8.39. The van der Waals surface area contributed by atoms with Gasteiger partial charge in [-0.25, -0.2) is 8.42 Å². The third kappa shape index (κ3) is 3.38. The highest BCUT2D eigenvalue weighted by molar-refractivity contribution is 8.13. The van der Waals surface area contributed by atoms with Gasteiger partial charge in [0.25, 0.3) is 9.05 Å². The zero-order chi connectivity index (χ0) is 14.9. The van der Waals surface area contributed by atoms with Crippen LogP contribution in [0.5, 0.6) is 5.75 Å². The molecular weight excluding hydrogens is 347 g/mol. The molecular formula is C11H9Cl3N2O3S. The fourth-order valence-corrected chi connectivity index (χ4v) is 3.29. The van der Waals surface area contributed by atoms with Crippen LogP contribution in [0.15, 0.2) is 29.3 Å². The van der Waals surface area contributed by atoms with E-state index in [4.69, 9.17) is 38.6 Å². The molecule has 1 heterocycles. The van der Waals surface area contributed by atoms with Gasteiger partial charge in [-0.3, -0.25) is 4.68 Å². The van der Waals surface area contributed by atoms with Gasteiger partial charge in [0.2, 0.25) is 0 Å². The monoisotopic (exact) mass is 354 g/mol. The molecule has 5 nitrogen and oxygen atoms in total. The topological polar surface area (TPSA) is 61.2 Å². The van der Waals surface area contributed by atoms with Crippen molar-refractivity contribution in [1.82, 2.24) is 9.78 Å². The number of hydrogen-bond donors (Lipinski definition) is 0. The summed E-state index contributed by atoms with van der Waals surface area (Å²) in [5.41, 5.74) is 0.703. The zero-order valence-electron chi connectivity index (χ0n) is 10.2. The number of ether oxygens (including phenoxy) is 1. The molecule has 0 bridgehead atoms. The van der Waals surface area contributed by atoms with Gasteiger partial charge < -0.3 is 4.74 Å². The summed E-state index contributed by atoms with van der Waals surface area (Å²) < 4.78 is 29.6. The van der Waals surface area contributed by atoms with E-state index in [2.05, 4.69) is 5.10 Å². The first kappa shape index (κ1) is 15.4. The largest absolute Gasteiger partial charge is 0.486 e. The number of benzene rings is 1. The van der Waals surface area contributed by atoms with Crippen LogP contribution in [0.2, 0.25) is 10.0 Å². The van der Waals surface area contributed by atoms with Crippen LogP contribution in [0.3, 0.4) is 0 Å². The molecule has 2 rings (SSSR count). The summed E-state index contributed by atoms with van der Waals surface area (Å²) in [6.45, 7) is 0.184. The van der Waals surface area contributed by atoms with E-state index in [1.807, 2.05) is 0 Å². The molecule has 0 aliphatic rings. The maximum atomic E-state index is 11.3. The second-order valence-corrected chi connectivity index (χ2v) is 7.19. The van der Waals surface area contributed by atoms with Gasteiger partial charge in [-0.1, -0.05) is 23.2 Å². The van der Waals surface area contributed by atoms with Crippen molar-refractivity contribution in [1.29, 1.82) is 0 Å². The van der Waals surface area contributed by atoms with E-state index in [1.165, 1.54) is 12.1 Å². The van der Waals surface area contributed by atoms with Crippen molar-refractivity contribution in [2.75, 3.05) is 0 Å². The number of nitrogens with zero attached hydrogens (tertiary/aromatic N) is 2. The number of aryl methyl sites for hydroxylation is 1. The molecule has 0 spiro atoms. The van der Waals surface area contributed by atoms with Crippen molar-refractivity contribution >= 4 is 42.9 Å². The second kappa shape index (κ2) is 5.81. The van der Waals surface area contributed by atoms with Gasteiger partial charge in [-0.2, -0.15) is 5.10 Å². The molecule has 108 valence electrons. The van der Waals surface area contributed by atoms with E-state index < -0.39 is 9.05 Å². The van der Waals surface area contributed by atoms with Gasteiger partial charge in [-0.15, -0.1) is 0 Å². The smallest absolute Gasteiger partial charge is 0.262 e.